The highest BCUT2D eigenvalue weighted by atomic mass is 14.2. The van der Waals surface area contributed by atoms with Crippen molar-refractivity contribution < 1.29 is 0 Å². The molecule has 2 unspecified atom stereocenters. The van der Waals surface area contributed by atoms with Gasteiger partial charge in [0.1, 0.15) is 0 Å². The van der Waals surface area contributed by atoms with Gasteiger partial charge in [-0.1, -0.05) is 56.3 Å². The topological polar surface area (TPSA) is 0 Å². The second-order valence-corrected chi connectivity index (χ2v) is 4.87. The van der Waals surface area contributed by atoms with Gasteiger partial charge in [0.2, 0.25) is 0 Å². The fourth-order valence-corrected chi connectivity index (χ4v) is 2.20. The largest absolute Gasteiger partial charge is 0.120 e. The molecule has 0 heterocycles. The number of rotatable bonds is 7. The standard InChI is InChI=1S/C18H24/c1-4-6-7-9-12-17(5-2)15-16(3)18-13-10-8-11-14-18/h2,6-8,10-11,13-14,16-17H,4,9,12,15H2,1,3H3. The summed E-state index contributed by atoms with van der Waals surface area (Å²) in [5.41, 5.74) is 1.39. The predicted octanol–water partition coefficient (Wildman–Crippen LogP) is 5.18. The maximum absolute atomic E-state index is 5.64. The minimum absolute atomic E-state index is 0.390. The van der Waals surface area contributed by atoms with Crippen LogP contribution in [0.3, 0.4) is 0 Å². The number of hydrogen-bond acceptors (Lipinski definition) is 0. The fourth-order valence-electron chi connectivity index (χ4n) is 2.20. The highest BCUT2D eigenvalue weighted by Gasteiger charge is 2.11. The van der Waals surface area contributed by atoms with Gasteiger partial charge in [0.15, 0.2) is 0 Å². The molecule has 0 saturated carbocycles. The summed E-state index contributed by atoms with van der Waals surface area (Å²) in [7, 11) is 0. The molecule has 0 fully saturated rings. The van der Waals surface area contributed by atoms with Crippen molar-refractivity contribution in [2.45, 2.75) is 45.4 Å². The van der Waals surface area contributed by atoms with Crippen molar-refractivity contribution in [1.29, 1.82) is 0 Å². The second-order valence-electron chi connectivity index (χ2n) is 4.87. The van der Waals surface area contributed by atoms with Crippen molar-refractivity contribution in [3.8, 4) is 12.3 Å². The van der Waals surface area contributed by atoms with E-state index >= 15 is 0 Å². The van der Waals surface area contributed by atoms with Gasteiger partial charge in [-0.3, -0.25) is 0 Å². The smallest absolute Gasteiger partial charge is 0.0208 e. The molecule has 0 amide bonds. The summed E-state index contributed by atoms with van der Waals surface area (Å²) < 4.78 is 0. The van der Waals surface area contributed by atoms with E-state index in [1.54, 1.807) is 0 Å². The van der Waals surface area contributed by atoms with Crippen LogP contribution in [0, 0.1) is 18.3 Å². The first-order valence-electron chi connectivity index (χ1n) is 6.94. The quantitative estimate of drug-likeness (QED) is 0.455. The highest BCUT2D eigenvalue weighted by Crippen LogP contribution is 2.25. The molecule has 0 aliphatic rings. The maximum Gasteiger partial charge on any atom is 0.0208 e. The third kappa shape index (κ3) is 5.23. The molecule has 1 aromatic rings. The van der Waals surface area contributed by atoms with Crippen molar-refractivity contribution in [3.63, 3.8) is 0 Å². The number of benzene rings is 1. The van der Waals surface area contributed by atoms with Crippen LogP contribution in [0.25, 0.3) is 0 Å². The Labute approximate surface area is 112 Å². The Balaban J connectivity index is 2.43. The van der Waals surface area contributed by atoms with Crippen molar-refractivity contribution in [2.24, 2.45) is 5.92 Å². The van der Waals surface area contributed by atoms with Crippen LogP contribution in [0.15, 0.2) is 42.5 Å². The van der Waals surface area contributed by atoms with Gasteiger partial charge in [0.05, 0.1) is 0 Å². The van der Waals surface area contributed by atoms with Crippen LogP contribution in [0.2, 0.25) is 0 Å². The minimum atomic E-state index is 0.390. The Hall–Kier alpha value is -1.48. The lowest BCUT2D eigenvalue weighted by Gasteiger charge is -2.16. The highest BCUT2D eigenvalue weighted by molar-refractivity contribution is 5.19. The van der Waals surface area contributed by atoms with Crippen molar-refractivity contribution in [2.75, 3.05) is 0 Å². The van der Waals surface area contributed by atoms with Crippen molar-refractivity contribution in [3.05, 3.63) is 48.0 Å². The Bertz CT molecular complexity index is 380. The summed E-state index contributed by atoms with van der Waals surface area (Å²) in [6, 6.07) is 10.6. The number of hydrogen-bond donors (Lipinski definition) is 0. The van der Waals surface area contributed by atoms with E-state index in [-0.39, 0.29) is 0 Å². The molecule has 1 aromatic carbocycles. The van der Waals surface area contributed by atoms with E-state index in [0.29, 0.717) is 11.8 Å². The normalized spacial score (nSPS) is 14.3. The van der Waals surface area contributed by atoms with Gasteiger partial charge in [-0.15, -0.1) is 12.3 Å². The van der Waals surface area contributed by atoms with Crippen LogP contribution >= 0.6 is 0 Å². The molecule has 0 saturated heterocycles. The summed E-state index contributed by atoms with van der Waals surface area (Å²) in [5.74, 6) is 3.88. The van der Waals surface area contributed by atoms with E-state index in [2.05, 4.69) is 62.3 Å². The van der Waals surface area contributed by atoms with Gasteiger partial charge in [-0.05, 0) is 37.2 Å². The van der Waals surface area contributed by atoms with Crippen LogP contribution in [0.4, 0.5) is 0 Å². The molecule has 18 heavy (non-hydrogen) atoms. The molecular weight excluding hydrogens is 216 g/mol. The first-order chi connectivity index (χ1) is 8.77. The van der Waals surface area contributed by atoms with E-state index in [4.69, 9.17) is 6.42 Å². The lowest BCUT2D eigenvalue weighted by atomic mass is 9.88. The number of terminal acetylenes is 1. The summed E-state index contributed by atoms with van der Waals surface area (Å²) in [6.45, 7) is 4.42. The zero-order chi connectivity index (χ0) is 13.2. The Morgan fingerprint density at radius 3 is 2.56 bits per heavy atom. The predicted molar refractivity (Wildman–Crippen MR) is 80.5 cm³/mol. The molecular formula is C18H24. The maximum atomic E-state index is 5.64. The zero-order valence-electron chi connectivity index (χ0n) is 11.6. The van der Waals surface area contributed by atoms with Gasteiger partial charge in [-0.2, -0.15) is 0 Å². The molecule has 96 valence electrons. The molecule has 0 aromatic heterocycles. The molecule has 0 aliphatic carbocycles. The first-order valence-corrected chi connectivity index (χ1v) is 6.94. The van der Waals surface area contributed by atoms with Gasteiger partial charge < -0.3 is 0 Å². The molecule has 0 bridgehead atoms. The molecule has 0 aliphatic heterocycles. The van der Waals surface area contributed by atoms with Crippen LogP contribution in [0.1, 0.15) is 51.0 Å². The molecule has 0 heteroatoms. The van der Waals surface area contributed by atoms with Crippen LogP contribution in [-0.2, 0) is 0 Å². The van der Waals surface area contributed by atoms with Crippen LogP contribution < -0.4 is 0 Å². The summed E-state index contributed by atoms with van der Waals surface area (Å²) >= 11 is 0. The van der Waals surface area contributed by atoms with E-state index in [1.807, 2.05) is 0 Å². The van der Waals surface area contributed by atoms with E-state index in [1.165, 1.54) is 5.56 Å². The monoisotopic (exact) mass is 240 g/mol. The molecule has 0 N–H and O–H groups in total. The third-order valence-electron chi connectivity index (χ3n) is 3.33. The van der Waals surface area contributed by atoms with Crippen molar-refractivity contribution in [1.82, 2.24) is 0 Å². The summed E-state index contributed by atoms with van der Waals surface area (Å²) in [5, 5.41) is 0. The summed E-state index contributed by atoms with van der Waals surface area (Å²) in [4.78, 5) is 0. The molecule has 0 radical (unpaired) electrons. The Morgan fingerprint density at radius 2 is 1.94 bits per heavy atom. The van der Waals surface area contributed by atoms with Gasteiger partial charge >= 0.3 is 0 Å². The van der Waals surface area contributed by atoms with Gasteiger partial charge in [0, 0.05) is 5.92 Å². The molecule has 1 rings (SSSR count). The number of allylic oxidation sites excluding steroid dienone is 2. The Morgan fingerprint density at radius 1 is 1.22 bits per heavy atom. The average Bonchev–Trinajstić information content (AvgIpc) is 2.43. The Kier molecular flexibility index (Phi) is 6.96. The second kappa shape index (κ2) is 8.59. The third-order valence-corrected chi connectivity index (χ3v) is 3.33. The molecule has 0 spiro atoms. The lowest BCUT2D eigenvalue weighted by Crippen LogP contribution is -2.03. The van der Waals surface area contributed by atoms with Crippen LogP contribution in [-0.4, -0.2) is 0 Å². The van der Waals surface area contributed by atoms with Crippen molar-refractivity contribution >= 4 is 0 Å². The van der Waals surface area contributed by atoms with E-state index in [9.17, 15) is 0 Å². The summed E-state index contributed by atoms with van der Waals surface area (Å²) in [6.07, 6.45) is 14.5. The van der Waals surface area contributed by atoms with Gasteiger partial charge in [0.25, 0.3) is 0 Å². The molecule has 0 nitrogen and oxygen atoms in total. The lowest BCUT2D eigenvalue weighted by molar-refractivity contribution is 0.515. The van der Waals surface area contributed by atoms with Gasteiger partial charge in [-0.25, -0.2) is 0 Å². The van der Waals surface area contributed by atoms with E-state index in [0.717, 1.165) is 25.7 Å². The zero-order valence-corrected chi connectivity index (χ0v) is 11.6. The fraction of sp³-hybridized carbons (Fsp3) is 0.444. The van der Waals surface area contributed by atoms with E-state index < -0.39 is 0 Å². The minimum Gasteiger partial charge on any atom is -0.120 e. The van der Waals surface area contributed by atoms with Crippen LogP contribution in [0.5, 0.6) is 0 Å². The SMILES string of the molecule is C#CC(CCC=CCC)CC(C)c1ccccc1. The first kappa shape index (κ1) is 14.6. The average molecular weight is 240 g/mol. The molecule has 2 atom stereocenters.